The zero-order chi connectivity index (χ0) is 63.1. The molecule has 0 aromatic carbocycles. The van der Waals surface area contributed by atoms with E-state index in [0.717, 1.165) is 105 Å². The molecule has 0 N–H and O–H groups in total. The number of ether oxygens (including phenoxy) is 2. The molecule has 9 unspecified atom stereocenters. The standard InChI is InChI=1S/C25H44.C21H30.C21H26.2C4H8O.2C4H9.2Li/c1-8-9-10-21-22-15-19(24(2,3)4)13-17(22)11-12-18-14-20(16-23(18)21)25(5,6)7;2*1-20(2,3)18-10-14-7-8-15-11-19(21(4,5)6)13-17(15)9-16(14)12-18;2*1-2-4-5-3-1;2*1-3-4-2;;/h11-12,17-23H,8-10,13-16H2,1-7H3;7-10,12,15,17,19H,11,13H2,1-6H3;7-12H,13H2,1-6H3;2*1-4H2;2*1,3-4H2,2H3;;/q;;;;;2*-1;2*+1. The zero-order valence-electron chi connectivity index (χ0n) is 61.6. The first kappa shape index (κ1) is 79.5. The smallest absolute Gasteiger partial charge is 0.381 e. The van der Waals surface area contributed by atoms with Crippen LogP contribution in [-0.2, 0) is 21.3 Å². The minimum absolute atomic E-state index is 0. The van der Waals surface area contributed by atoms with Gasteiger partial charge in [0.15, 0.2) is 0 Å². The second kappa shape index (κ2) is 35.5. The van der Waals surface area contributed by atoms with Crippen molar-refractivity contribution in [2.24, 2.45) is 86.3 Å². The molecule has 11 rings (SSSR count). The molecule has 9 atom stereocenters. The van der Waals surface area contributed by atoms with E-state index in [1.807, 2.05) is 0 Å². The maximum atomic E-state index is 4.94. The first-order valence-corrected chi connectivity index (χ1v) is 35.3. The van der Waals surface area contributed by atoms with Crippen molar-refractivity contribution in [2.45, 2.75) is 266 Å². The third kappa shape index (κ3) is 24.3. The van der Waals surface area contributed by atoms with Crippen molar-refractivity contribution in [3.63, 3.8) is 0 Å². The van der Waals surface area contributed by atoms with E-state index < -0.39 is 0 Å². The van der Waals surface area contributed by atoms with Gasteiger partial charge in [0.25, 0.3) is 0 Å². The molecule has 0 aromatic heterocycles. The molecule has 2 saturated heterocycles. The van der Waals surface area contributed by atoms with E-state index in [0.29, 0.717) is 16.2 Å². The third-order valence-corrected chi connectivity index (χ3v) is 21.0. The summed E-state index contributed by atoms with van der Waals surface area (Å²) in [5.74, 6) is 8.88. The van der Waals surface area contributed by atoms with Crippen molar-refractivity contribution in [3.05, 3.63) is 126 Å². The van der Waals surface area contributed by atoms with Gasteiger partial charge in [-0.3, -0.25) is 0 Å². The third-order valence-electron chi connectivity index (χ3n) is 21.0. The summed E-state index contributed by atoms with van der Waals surface area (Å²) in [6, 6.07) is 11.7. The number of unbranched alkanes of at least 4 members (excludes halogenated alkanes) is 3. The number of hydrogen-bond donors (Lipinski definition) is 0. The van der Waals surface area contributed by atoms with Gasteiger partial charge in [-0.25, -0.2) is 0 Å². The average Bonchev–Trinajstić information content (AvgIpc) is 1.70. The Morgan fingerprint density at radius 2 is 0.931 bits per heavy atom. The minimum Gasteiger partial charge on any atom is -0.381 e. The van der Waals surface area contributed by atoms with Gasteiger partial charge >= 0.3 is 37.7 Å². The quantitative estimate of drug-likeness (QED) is 0.169. The predicted octanol–water partition coefficient (Wildman–Crippen LogP) is 18.7. The van der Waals surface area contributed by atoms with Crippen LogP contribution in [0.3, 0.4) is 0 Å². The summed E-state index contributed by atoms with van der Waals surface area (Å²) in [6.07, 6.45) is 43.7. The fourth-order valence-corrected chi connectivity index (χ4v) is 14.5. The molecule has 9 aliphatic carbocycles. The van der Waals surface area contributed by atoms with Gasteiger partial charge in [0.2, 0.25) is 0 Å². The van der Waals surface area contributed by atoms with Crippen LogP contribution < -0.4 is 37.7 Å². The predicted molar refractivity (Wildman–Crippen MR) is 376 cm³/mol. The summed E-state index contributed by atoms with van der Waals surface area (Å²) >= 11 is 0. The van der Waals surface area contributed by atoms with Crippen LogP contribution >= 0.6 is 0 Å². The van der Waals surface area contributed by atoms with Crippen LogP contribution in [0.5, 0.6) is 0 Å². The average molecular weight is 1180 g/mol. The molecule has 2 nitrogen and oxygen atoms in total. The molecule has 0 aromatic rings. The van der Waals surface area contributed by atoms with Crippen molar-refractivity contribution in [3.8, 4) is 11.1 Å². The Morgan fingerprint density at radius 1 is 0.471 bits per heavy atom. The van der Waals surface area contributed by atoms with E-state index in [4.69, 9.17) is 9.47 Å². The Bertz CT molecular complexity index is 2400. The summed E-state index contributed by atoms with van der Waals surface area (Å²) in [4.78, 5) is 0. The van der Waals surface area contributed by atoms with E-state index in [9.17, 15) is 0 Å². The van der Waals surface area contributed by atoms with E-state index in [-0.39, 0.29) is 54.0 Å². The molecule has 4 heteroatoms. The Kier molecular flexibility index (Phi) is 32.4. The molecule has 3 saturated carbocycles. The number of allylic oxidation sites excluding steroid dienone is 11. The van der Waals surface area contributed by atoms with E-state index >= 15 is 0 Å². The van der Waals surface area contributed by atoms with Crippen molar-refractivity contribution >= 4 is 6.08 Å². The molecule has 0 bridgehead atoms. The van der Waals surface area contributed by atoms with Crippen LogP contribution in [0.4, 0.5) is 0 Å². The molecule has 5 fully saturated rings. The van der Waals surface area contributed by atoms with Crippen molar-refractivity contribution in [1.29, 1.82) is 0 Å². The van der Waals surface area contributed by atoms with Crippen molar-refractivity contribution in [2.75, 3.05) is 26.4 Å². The zero-order valence-corrected chi connectivity index (χ0v) is 61.6. The van der Waals surface area contributed by atoms with Crippen LogP contribution in [-0.4, -0.2) is 26.4 Å². The molecular weight excluding hydrogens is 1040 g/mol. The van der Waals surface area contributed by atoms with Crippen LogP contribution in [0, 0.1) is 100 Å². The molecule has 87 heavy (non-hydrogen) atoms. The van der Waals surface area contributed by atoms with Gasteiger partial charge in [0.05, 0.1) is 0 Å². The van der Waals surface area contributed by atoms with Gasteiger partial charge in [0.1, 0.15) is 0 Å². The van der Waals surface area contributed by atoms with Gasteiger partial charge in [-0.05, 0) is 213 Å². The first-order valence-electron chi connectivity index (χ1n) is 35.3. The minimum atomic E-state index is 0. The van der Waals surface area contributed by atoms with Gasteiger partial charge < -0.3 is 23.3 Å². The maximum Gasteiger partial charge on any atom is 1.00 e. The van der Waals surface area contributed by atoms with Gasteiger partial charge in [-0.15, -0.1) is 0 Å². The summed E-state index contributed by atoms with van der Waals surface area (Å²) in [5.41, 5.74) is 15.1. The maximum absolute atomic E-state index is 4.94. The van der Waals surface area contributed by atoms with E-state index in [2.05, 4.69) is 238 Å². The van der Waals surface area contributed by atoms with Crippen LogP contribution in [0.25, 0.3) is 17.2 Å². The number of hydrogen-bond acceptors (Lipinski definition) is 2. The van der Waals surface area contributed by atoms with Gasteiger partial charge in [-0.2, -0.15) is 12.8 Å². The molecule has 11 aliphatic rings. The van der Waals surface area contributed by atoms with Gasteiger partial charge in [-0.1, -0.05) is 256 Å². The normalized spacial score (nSPS) is 26.8. The van der Waals surface area contributed by atoms with E-state index in [1.54, 1.807) is 5.57 Å². The Labute approximate surface area is 565 Å². The second-order valence-corrected chi connectivity index (χ2v) is 34.0. The number of fused-ring (bicyclic) bond motifs is 6. The summed E-state index contributed by atoms with van der Waals surface area (Å²) in [5, 5.41) is 0. The van der Waals surface area contributed by atoms with Crippen molar-refractivity contribution < 1.29 is 47.2 Å². The first-order chi connectivity index (χ1) is 39.7. The van der Waals surface area contributed by atoms with Crippen molar-refractivity contribution in [1.82, 2.24) is 0 Å². The Morgan fingerprint density at radius 3 is 1.34 bits per heavy atom. The SMILES string of the molecule is C1CCOC1.C1CCOC1.CC(C)(C)C1=CC2=CC3CC(C(C)(C)C)CC3C=CC2=C1.CC(C)(C)C1=Cc2ccc3cc(C(C)(C)C)cc-3cc2C1.CCCCC1C2CC(C(C)(C)C)CC2C=CC2CC(C(C)(C)C)CC21.[CH2-]CCC.[CH2-]CCC.[Li+].[Li+]. The molecule has 2 heterocycles. The Hall–Kier alpha value is -1.75. The summed E-state index contributed by atoms with van der Waals surface area (Å²) in [6.45, 7) is 60.5. The van der Waals surface area contributed by atoms with Crippen LogP contribution in [0.15, 0.2) is 95.2 Å². The molecule has 0 amide bonds. The summed E-state index contributed by atoms with van der Waals surface area (Å²) in [7, 11) is 0. The molecule has 480 valence electrons. The van der Waals surface area contributed by atoms with E-state index in [1.165, 1.54) is 141 Å². The monoisotopic (exact) mass is 1180 g/mol. The summed E-state index contributed by atoms with van der Waals surface area (Å²) < 4.78 is 9.89. The number of rotatable bonds is 5. The largest absolute Gasteiger partial charge is 1.00 e. The van der Waals surface area contributed by atoms with Crippen LogP contribution in [0.2, 0.25) is 0 Å². The Balaban J connectivity index is 0.000000295. The second-order valence-electron chi connectivity index (χ2n) is 34.0. The molecular formula is C83H134Li2O2. The van der Waals surface area contributed by atoms with Crippen LogP contribution in [0.1, 0.15) is 271 Å². The topological polar surface area (TPSA) is 18.5 Å². The fourth-order valence-electron chi connectivity index (χ4n) is 14.5. The molecule has 0 radical (unpaired) electrons. The van der Waals surface area contributed by atoms with Gasteiger partial charge in [0, 0.05) is 26.4 Å². The fraction of sp³-hybridized carbons (Fsp3) is 0.711. The molecule has 0 spiro atoms. The molecule has 2 aliphatic heterocycles.